The van der Waals surface area contributed by atoms with Crippen molar-refractivity contribution in [3.05, 3.63) is 65.9 Å². The molecule has 6 rings (SSSR count). The Morgan fingerprint density at radius 3 is 2.66 bits per heavy atom. The fourth-order valence-electron chi connectivity index (χ4n) is 4.60. The highest BCUT2D eigenvalue weighted by Gasteiger charge is 2.24. The number of thiazole rings is 1. The Morgan fingerprint density at radius 2 is 1.81 bits per heavy atom. The number of anilines is 1. The molecule has 0 aliphatic carbocycles. The van der Waals surface area contributed by atoms with Crippen molar-refractivity contribution in [1.82, 2.24) is 24.8 Å². The zero-order valence-electron chi connectivity index (χ0n) is 17.7. The van der Waals surface area contributed by atoms with Gasteiger partial charge in [0.2, 0.25) is 0 Å². The van der Waals surface area contributed by atoms with Gasteiger partial charge in [0, 0.05) is 45.8 Å². The molecule has 1 N–H and O–H groups in total. The van der Waals surface area contributed by atoms with Crippen LogP contribution in [0, 0.1) is 0 Å². The molecule has 0 bridgehead atoms. The molecule has 4 aromatic rings. The number of carbonyl (C=O) groups excluding carboxylic acids is 1. The molecule has 0 spiro atoms. The van der Waals surface area contributed by atoms with Gasteiger partial charge in [0.15, 0.2) is 11.0 Å². The van der Waals surface area contributed by atoms with Crippen LogP contribution >= 0.6 is 11.3 Å². The predicted octanol–water partition coefficient (Wildman–Crippen LogP) is 3.23. The number of carbonyl (C=O) groups is 1. The fourth-order valence-corrected chi connectivity index (χ4v) is 5.57. The van der Waals surface area contributed by atoms with Crippen molar-refractivity contribution in [1.29, 1.82) is 0 Å². The van der Waals surface area contributed by atoms with E-state index in [4.69, 9.17) is 9.97 Å². The molecule has 162 valence electrons. The first-order valence-corrected chi connectivity index (χ1v) is 11.8. The van der Waals surface area contributed by atoms with Gasteiger partial charge in [0.25, 0.3) is 5.91 Å². The van der Waals surface area contributed by atoms with Crippen molar-refractivity contribution in [2.24, 2.45) is 0 Å². The number of hydrogen-bond acceptors (Lipinski definition) is 6. The van der Waals surface area contributed by atoms with Crippen molar-refractivity contribution in [2.45, 2.75) is 13.1 Å². The summed E-state index contributed by atoms with van der Waals surface area (Å²) in [5.41, 5.74) is 3.83. The first-order valence-electron chi connectivity index (χ1n) is 11.0. The number of benzene rings is 2. The van der Waals surface area contributed by atoms with Gasteiger partial charge in [-0.2, -0.15) is 0 Å². The Hall–Kier alpha value is -3.23. The Labute approximate surface area is 190 Å². The number of imidazole rings is 1. The number of amides is 1. The van der Waals surface area contributed by atoms with Gasteiger partial charge in [-0.05, 0) is 17.7 Å². The predicted molar refractivity (Wildman–Crippen MR) is 127 cm³/mol. The van der Waals surface area contributed by atoms with Crippen molar-refractivity contribution in [3.8, 4) is 10.7 Å². The second kappa shape index (κ2) is 8.03. The van der Waals surface area contributed by atoms with E-state index in [2.05, 4.69) is 50.0 Å². The van der Waals surface area contributed by atoms with E-state index in [0.29, 0.717) is 18.7 Å². The van der Waals surface area contributed by atoms with Gasteiger partial charge in [0.05, 0.1) is 27.7 Å². The molecule has 2 aromatic carbocycles. The summed E-state index contributed by atoms with van der Waals surface area (Å²) >= 11 is 1.69. The molecule has 2 aliphatic heterocycles. The summed E-state index contributed by atoms with van der Waals surface area (Å²) in [4.78, 5) is 27.9. The van der Waals surface area contributed by atoms with E-state index in [-0.39, 0.29) is 5.91 Å². The van der Waals surface area contributed by atoms with Crippen LogP contribution < -0.4 is 10.2 Å². The molecule has 1 fully saturated rings. The third-order valence-electron chi connectivity index (χ3n) is 6.24. The maximum Gasteiger partial charge on any atom is 0.253 e. The third-order valence-corrected chi connectivity index (χ3v) is 7.29. The minimum absolute atomic E-state index is 0.0285. The third kappa shape index (κ3) is 3.45. The summed E-state index contributed by atoms with van der Waals surface area (Å²) in [6, 6.07) is 16.4. The molecule has 0 radical (unpaired) electrons. The number of hydrogen-bond donors (Lipinski definition) is 1. The van der Waals surface area contributed by atoms with Crippen LogP contribution in [-0.2, 0) is 13.1 Å². The standard InChI is InChI=1S/C24H24N6OS/c31-23-18-7-4-8-19-21(18)30(10-9-25-23)22(27-19)20-15-26-24(32-20)29-13-11-28(12-14-29)16-17-5-2-1-3-6-17/h1-8,15H,9-14,16H2,(H,25,31). The number of piperazine rings is 1. The van der Waals surface area contributed by atoms with Gasteiger partial charge < -0.3 is 14.8 Å². The van der Waals surface area contributed by atoms with E-state index in [1.54, 1.807) is 11.3 Å². The first kappa shape index (κ1) is 19.5. The van der Waals surface area contributed by atoms with E-state index < -0.39 is 0 Å². The summed E-state index contributed by atoms with van der Waals surface area (Å²) in [6.07, 6.45) is 1.93. The molecule has 7 nitrogen and oxygen atoms in total. The number of nitrogens with one attached hydrogen (secondary N) is 1. The Bertz CT molecular complexity index is 1270. The summed E-state index contributed by atoms with van der Waals surface area (Å²) in [6.45, 7) is 6.30. The molecule has 2 aliphatic rings. The number of nitrogens with zero attached hydrogens (tertiary/aromatic N) is 5. The highest BCUT2D eigenvalue weighted by molar-refractivity contribution is 7.18. The van der Waals surface area contributed by atoms with E-state index in [0.717, 1.165) is 59.6 Å². The lowest BCUT2D eigenvalue weighted by Crippen LogP contribution is -2.45. The largest absolute Gasteiger partial charge is 0.350 e. The van der Waals surface area contributed by atoms with Gasteiger partial charge in [-0.15, -0.1) is 0 Å². The van der Waals surface area contributed by atoms with Crippen molar-refractivity contribution in [3.63, 3.8) is 0 Å². The van der Waals surface area contributed by atoms with E-state index in [9.17, 15) is 4.79 Å². The van der Waals surface area contributed by atoms with Crippen LogP contribution in [0.2, 0.25) is 0 Å². The van der Waals surface area contributed by atoms with Crippen LogP contribution in [0.4, 0.5) is 5.13 Å². The average molecular weight is 445 g/mol. The zero-order chi connectivity index (χ0) is 21.5. The minimum Gasteiger partial charge on any atom is -0.350 e. The summed E-state index contributed by atoms with van der Waals surface area (Å²) in [7, 11) is 0. The Balaban J connectivity index is 1.22. The van der Waals surface area contributed by atoms with Crippen molar-refractivity contribution < 1.29 is 4.79 Å². The summed E-state index contributed by atoms with van der Waals surface area (Å²) in [5.74, 6) is 0.870. The second-order valence-electron chi connectivity index (χ2n) is 8.27. The lowest BCUT2D eigenvalue weighted by atomic mass is 10.2. The monoisotopic (exact) mass is 444 g/mol. The highest BCUT2D eigenvalue weighted by Crippen LogP contribution is 2.34. The molecule has 0 saturated carbocycles. The molecule has 1 amide bonds. The van der Waals surface area contributed by atoms with Gasteiger partial charge >= 0.3 is 0 Å². The SMILES string of the molecule is O=C1NCCn2c(-c3cnc(N4CCN(Cc5ccccc5)CC4)s3)nc3cccc1c32. The molecule has 0 unspecified atom stereocenters. The molecular weight excluding hydrogens is 420 g/mol. The van der Waals surface area contributed by atoms with E-state index in [1.807, 2.05) is 24.4 Å². The Kier molecular flexibility index (Phi) is 4.88. The molecule has 2 aromatic heterocycles. The van der Waals surface area contributed by atoms with Crippen LogP contribution in [0.15, 0.2) is 54.7 Å². The lowest BCUT2D eigenvalue weighted by Gasteiger charge is -2.34. The molecular formula is C24H24N6OS. The summed E-state index contributed by atoms with van der Waals surface area (Å²) < 4.78 is 2.16. The second-order valence-corrected chi connectivity index (χ2v) is 9.28. The van der Waals surface area contributed by atoms with Crippen molar-refractivity contribution >= 4 is 33.4 Å². The molecule has 1 saturated heterocycles. The van der Waals surface area contributed by atoms with Gasteiger partial charge in [0.1, 0.15) is 0 Å². The molecule has 4 heterocycles. The maximum absolute atomic E-state index is 12.4. The fraction of sp³-hybridized carbons (Fsp3) is 0.292. The minimum atomic E-state index is -0.0285. The lowest BCUT2D eigenvalue weighted by molar-refractivity contribution is 0.0956. The van der Waals surface area contributed by atoms with Crippen LogP contribution in [-0.4, -0.2) is 58.1 Å². The van der Waals surface area contributed by atoms with E-state index >= 15 is 0 Å². The molecule has 0 atom stereocenters. The topological polar surface area (TPSA) is 66.3 Å². The van der Waals surface area contributed by atoms with Crippen LogP contribution in [0.1, 0.15) is 15.9 Å². The van der Waals surface area contributed by atoms with Crippen LogP contribution in [0.3, 0.4) is 0 Å². The van der Waals surface area contributed by atoms with Crippen LogP contribution in [0.5, 0.6) is 0 Å². The smallest absolute Gasteiger partial charge is 0.253 e. The van der Waals surface area contributed by atoms with Crippen LogP contribution in [0.25, 0.3) is 21.7 Å². The van der Waals surface area contributed by atoms with Crippen molar-refractivity contribution in [2.75, 3.05) is 37.6 Å². The number of para-hydroxylation sites is 1. The summed E-state index contributed by atoms with van der Waals surface area (Å²) in [5, 5.41) is 4.03. The van der Waals surface area contributed by atoms with Gasteiger partial charge in [-0.3, -0.25) is 9.69 Å². The van der Waals surface area contributed by atoms with Gasteiger partial charge in [-0.25, -0.2) is 9.97 Å². The quantitative estimate of drug-likeness (QED) is 0.524. The highest BCUT2D eigenvalue weighted by atomic mass is 32.1. The average Bonchev–Trinajstić information content (AvgIpc) is 3.41. The van der Waals surface area contributed by atoms with E-state index in [1.165, 1.54) is 5.56 Å². The number of rotatable bonds is 4. The Morgan fingerprint density at radius 1 is 0.969 bits per heavy atom. The first-order chi connectivity index (χ1) is 15.8. The van der Waals surface area contributed by atoms with Gasteiger partial charge in [-0.1, -0.05) is 47.7 Å². The molecule has 8 heteroatoms. The zero-order valence-corrected chi connectivity index (χ0v) is 18.5. The molecule has 32 heavy (non-hydrogen) atoms. The number of aromatic nitrogens is 3. The maximum atomic E-state index is 12.4. The normalized spacial score (nSPS) is 16.9.